The highest BCUT2D eigenvalue weighted by atomic mass is 32.1. The molecule has 24 heavy (non-hydrogen) atoms. The molecule has 0 radical (unpaired) electrons. The SMILES string of the molecule is O=C(NC1CC1)c1ccsc1NC(=O)[C@H]1[C@@H](C(=O)[O-])[C@H]2C=C[C@@H]1C2. The number of amides is 2. The van der Waals surface area contributed by atoms with Crippen LogP contribution in [0.4, 0.5) is 5.00 Å². The first kappa shape index (κ1) is 15.4. The van der Waals surface area contributed by atoms with Gasteiger partial charge >= 0.3 is 0 Å². The molecule has 6 nitrogen and oxygen atoms in total. The van der Waals surface area contributed by atoms with Crippen molar-refractivity contribution in [3.63, 3.8) is 0 Å². The summed E-state index contributed by atoms with van der Waals surface area (Å²) < 4.78 is 0. The zero-order valence-electron chi connectivity index (χ0n) is 12.9. The molecule has 0 saturated heterocycles. The van der Waals surface area contributed by atoms with E-state index in [0.29, 0.717) is 17.0 Å². The number of hydrogen-bond acceptors (Lipinski definition) is 5. The molecule has 7 heteroatoms. The maximum atomic E-state index is 12.7. The number of allylic oxidation sites excluding steroid dienone is 2. The zero-order valence-corrected chi connectivity index (χ0v) is 13.7. The van der Waals surface area contributed by atoms with Crippen molar-refractivity contribution in [2.45, 2.75) is 25.3 Å². The standard InChI is InChI=1S/C17H18N2O4S/c20-14(18-10-3-4-10)11-5-6-24-16(11)19-15(21)12-8-1-2-9(7-8)13(12)17(22)23/h1-2,5-6,8-10,12-13H,3-4,7H2,(H,18,20)(H,19,21)(H,22,23)/p-1/t8-,9+,12-,13+/m1/s1. The number of fused-ring (bicyclic) bond motifs is 2. The Morgan fingerprint density at radius 1 is 1.12 bits per heavy atom. The van der Waals surface area contributed by atoms with E-state index in [1.54, 1.807) is 11.4 Å². The van der Waals surface area contributed by atoms with Gasteiger partial charge in [0.15, 0.2) is 0 Å². The number of carboxylic acid groups (broad SMARTS) is 1. The molecule has 2 bridgehead atoms. The molecule has 2 fully saturated rings. The number of carboxylic acids is 1. The lowest BCUT2D eigenvalue weighted by Gasteiger charge is -2.27. The van der Waals surface area contributed by atoms with E-state index in [1.807, 2.05) is 12.2 Å². The first-order valence-electron chi connectivity index (χ1n) is 8.13. The van der Waals surface area contributed by atoms with Crippen LogP contribution < -0.4 is 15.7 Å². The minimum absolute atomic E-state index is 0.0680. The minimum Gasteiger partial charge on any atom is -0.550 e. The van der Waals surface area contributed by atoms with E-state index in [2.05, 4.69) is 10.6 Å². The Morgan fingerprint density at radius 3 is 2.50 bits per heavy atom. The summed E-state index contributed by atoms with van der Waals surface area (Å²) in [7, 11) is 0. The molecule has 0 aromatic carbocycles. The van der Waals surface area contributed by atoms with Gasteiger partial charge in [-0.2, -0.15) is 0 Å². The fourth-order valence-corrected chi connectivity index (χ4v) is 4.56. The van der Waals surface area contributed by atoms with Crippen molar-refractivity contribution >= 4 is 34.1 Å². The largest absolute Gasteiger partial charge is 0.550 e. The summed E-state index contributed by atoms with van der Waals surface area (Å²) in [5.41, 5.74) is 0.434. The van der Waals surface area contributed by atoms with Crippen molar-refractivity contribution in [3.8, 4) is 0 Å². The van der Waals surface area contributed by atoms with Gasteiger partial charge in [0.2, 0.25) is 5.91 Å². The van der Waals surface area contributed by atoms with Crippen LogP contribution in [0, 0.1) is 23.7 Å². The van der Waals surface area contributed by atoms with Gasteiger partial charge in [-0.05, 0) is 42.5 Å². The molecule has 0 unspecified atom stereocenters. The van der Waals surface area contributed by atoms with Crippen LogP contribution in [-0.2, 0) is 9.59 Å². The summed E-state index contributed by atoms with van der Waals surface area (Å²) in [5, 5.41) is 19.3. The molecule has 1 aromatic rings. The van der Waals surface area contributed by atoms with Crippen molar-refractivity contribution < 1.29 is 19.5 Å². The van der Waals surface area contributed by atoms with Gasteiger partial charge in [-0.3, -0.25) is 9.59 Å². The number of carbonyl (C=O) groups excluding carboxylic acids is 3. The third-order valence-corrected chi connectivity index (χ3v) is 5.92. The van der Waals surface area contributed by atoms with E-state index in [4.69, 9.17) is 0 Å². The third kappa shape index (κ3) is 2.62. The molecule has 4 rings (SSSR count). The van der Waals surface area contributed by atoms with Crippen LogP contribution in [0.25, 0.3) is 0 Å². The third-order valence-electron chi connectivity index (χ3n) is 5.09. The van der Waals surface area contributed by atoms with Crippen LogP contribution in [0.5, 0.6) is 0 Å². The van der Waals surface area contributed by atoms with Crippen molar-refractivity contribution in [1.29, 1.82) is 0 Å². The normalized spacial score (nSPS) is 30.3. The number of anilines is 1. The van der Waals surface area contributed by atoms with Gasteiger partial charge in [0.25, 0.3) is 5.91 Å². The molecule has 3 aliphatic carbocycles. The Bertz CT molecular complexity index is 737. The van der Waals surface area contributed by atoms with Gasteiger partial charge in [0.05, 0.1) is 11.5 Å². The molecular formula is C17H17N2O4S-. The Kier molecular flexibility index (Phi) is 3.68. The van der Waals surface area contributed by atoms with Gasteiger partial charge in [-0.1, -0.05) is 12.2 Å². The summed E-state index contributed by atoms with van der Waals surface area (Å²) in [4.78, 5) is 36.3. The van der Waals surface area contributed by atoms with Crippen molar-refractivity contribution in [2.75, 3.05) is 5.32 Å². The van der Waals surface area contributed by atoms with E-state index >= 15 is 0 Å². The second-order valence-corrected chi connectivity index (χ2v) is 7.64. The minimum atomic E-state index is -1.18. The summed E-state index contributed by atoms with van der Waals surface area (Å²) in [6.07, 6.45) is 6.44. The highest BCUT2D eigenvalue weighted by molar-refractivity contribution is 7.14. The Balaban J connectivity index is 1.50. The second-order valence-electron chi connectivity index (χ2n) is 6.72. The van der Waals surface area contributed by atoms with Gasteiger partial charge in [0.1, 0.15) is 5.00 Å². The average molecular weight is 345 g/mol. The second kappa shape index (κ2) is 5.73. The van der Waals surface area contributed by atoms with Crippen molar-refractivity contribution in [2.24, 2.45) is 23.7 Å². The fourth-order valence-electron chi connectivity index (χ4n) is 3.77. The lowest BCUT2D eigenvalue weighted by atomic mass is 9.82. The van der Waals surface area contributed by atoms with Crippen LogP contribution >= 0.6 is 11.3 Å². The van der Waals surface area contributed by atoms with Gasteiger partial charge in [0, 0.05) is 17.9 Å². The van der Waals surface area contributed by atoms with Crippen molar-refractivity contribution in [1.82, 2.24) is 5.32 Å². The maximum Gasteiger partial charge on any atom is 0.254 e. The van der Waals surface area contributed by atoms with Gasteiger partial charge in [-0.25, -0.2) is 0 Å². The van der Waals surface area contributed by atoms with Crippen LogP contribution in [0.15, 0.2) is 23.6 Å². The molecular weight excluding hydrogens is 328 g/mol. The predicted octanol–water partition coefficient (Wildman–Crippen LogP) is 0.767. The predicted molar refractivity (Wildman–Crippen MR) is 86.2 cm³/mol. The highest BCUT2D eigenvalue weighted by Crippen LogP contribution is 2.48. The number of rotatable bonds is 5. The first-order chi connectivity index (χ1) is 11.5. The number of nitrogens with one attached hydrogen (secondary N) is 2. The van der Waals surface area contributed by atoms with Gasteiger partial charge < -0.3 is 20.5 Å². The van der Waals surface area contributed by atoms with Crippen LogP contribution in [0.3, 0.4) is 0 Å². The van der Waals surface area contributed by atoms with Crippen molar-refractivity contribution in [3.05, 3.63) is 29.2 Å². The summed E-state index contributed by atoms with van der Waals surface area (Å²) >= 11 is 1.27. The van der Waals surface area contributed by atoms with Crippen LogP contribution in [0.2, 0.25) is 0 Å². The summed E-state index contributed by atoms with van der Waals surface area (Å²) in [6.45, 7) is 0. The molecule has 0 aliphatic heterocycles. The lowest BCUT2D eigenvalue weighted by Crippen LogP contribution is -2.43. The maximum absolute atomic E-state index is 12.7. The number of carbonyl (C=O) groups is 3. The molecule has 3 aliphatic rings. The molecule has 4 atom stereocenters. The monoisotopic (exact) mass is 345 g/mol. The lowest BCUT2D eigenvalue weighted by molar-refractivity contribution is -0.313. The Hall–Kier alpha value is -2.15. The average Bonchev–Trinajstić information content (AvgIpc) is 2.98. The molecule has 0 spiro atoms. The zero-order chi connectivity index (χ0) is 16.8. The molecule has 2 saturated carbocycles. The summed E-state index contributed by atoms with van der Waals surface area (Å²) in [5.74, 6) is -3.33. The highest BCUT2D eigenvalue weighted by Gasteiger charge is 2.48. The molecule has 126 valence electrons. The quantitative estimate of drug-likeness (QED) is 0.770. The fraction of sp³-hybridized carbons (Fsp3) is 0.471. The van der Waals surface area contributed by atoms with E-state index in [0.717, 1.165) is 12.8 Å². The topological polar surface area (TPSA) is 98.3 Å². The van der Waals surface area contributed by atoms with Crippen LogP contribution in [0.1, 0.15) is 29.6 Å². The Morgan fingerprint density at radius 2 is 1.83 bits per heavy atom. The van der Waals surface area contributed by atoms with Crippen LogP contribution in [-0.4, -0.2) is 23.8 Å². The number of thiophene rings is 1. The molecule has 1 aromatic heterocycles. The first-order valence-corrected chi connectivity index (χ1v) is 9.01. The smallest absolute Gasteiger partial charge is 0.254 e. The number of aliphatic carboxylic acids is 1. The van der Waals surface area contributed by atoms with E-state index in [1.165, 1.54) is 11.3 Å². The number of hydrogen-bond donors (Lipinski definition) is 2. The van der Waals surface area contributed by atoms with E-state index < -0.39 is 17.8 Å². The van der Waals surface area contributed by atoms with E-state index in [-0.39, 0.29) is 29.7 Å². The molecule has 2 amide bonds. The van der Waals surface area contributed by atoms with E-state index in [9.17, 15) is 19.5 Å². The summed E-state index contributed by atoms with van der Waals surface area (Å²) in [6, 6.07) is 1.91. The van der Waals surface area contributed by atoms with Gasteiger partial charge in [-0.15, -0.1) is 11.3 Å². The molecule has 2 N–H and O–H groups in total. The Labute approximate surface area is 142 Å². The molecule has 1 heterocycles.